The molecule has 0 radical (unpaired) electrons. The summed E-state index contributed by atoms with van der Waals surface area (Å²) in [5, 5.41) is 9.75. The summed E-state index contributed by atoms with van der Waals surface area (Å²) in [5.74, 6) is 3.50. The highest BCUT2D eigenvalue weighted by Crippen LogP contribution is 2.25. The number of piperazine rings is 1. The molecule has 0 aromatic carbocycles. The number of hydrogen-bond acceptors (Lipinski definition) is 8. The Morgan fingerprint density at radius 2 is 1.64 bits per heavy atom. The van der Waals surface area contributed by atoms with E-state index in [2.05, 4.69) is 48.6 Å². The van der Waals surface area contributed by atoms with E-state index in [9.17, 15) is 5.11 Å². The predicted octanol–water partition coefficient (Wildman–Crippen LogP) is 1.44. The van der Waals surface area contributed by atoms with Gasteiger partial charge >= 0.3 is 0 Å². The monoisotopic (exact) mass is 343 g/mol. The van der Waals surface area contributed by atoms with E-state index in [1.807, 2.05) is 19.9 Å². The second kappa shape index (κ2) is 6.87. The molecule has 3 heterocycles. The average molecular weight is 343 g/mol. The number of rotatable bonds is 3. The van der Waals surface area contributed by atoms with Crippen molar-refractivity contribution in [3.05, 3.63) is 29.7 Å². The highest BCUT2D eigenvalue weighted by molar-refractivity contribution is 5.45. The molecule has 1 aliphatic heterocycles. The summed E-state index contributed by atoms with van der Waals surface area (Å²) in [4.78, 5) is 26.4. The number of aliphatic hydroxyl groups is 1. The zero-order chi connectivity index (χ0) is 18.1. The summed E-state index contributed by atoms with van der Waals surface area (Å²) in [6, 6.07) is 2.34. The Morgan fingerprint density at radius 3 is 2.20 bits per heavy atom. The first-order chi connectivity index (χ1) is 11.8. The summed E-state index contributed by atoms with van der Waals surface area (Å²) in [6.45, 7) is 11.4. The molecular weight excluding hydrogens is 318 g/mol. The van der Waals surface area contributed by atoms with Crippen molar-refractivity contribution in [2.75, 3.05) is 22.9 Å². The maximum atomic E-state index is 9.75. The van der Waals surface area contributed by atoms with E-state index < -0.39 is 6.10 Å². The van der Waals surface area contributed by atoms with Crippen LogP contribution in [0.15, 0.2) is 12.3 Å². The number of nitrogens with zero attached hydrogens (tertiary/aromatic N) is 7. The van der Waals surface area contributed by atoms with Crippen LogP contribution in [0.3, 0.4) is 0 Å². The molecule has 0 unspecified atom stereocenters. The third kappa shape index (κ3) is 3.68. The van der Waals surface area contributed by atoms with Gasteiger partial charge in [-0.3, -0.25) is 0 Å². The van der Waals surface area contributed by atoms with Gasteiger partial charge < -0.3 is 14.9 Å². The quantitative estimate of drug-likeness (QED) is 0.895. The average Bonchev–Trinajstić information content (AvgIpc) is 2.53. The molecule has 2 aromatic heterocycles. The van der Waals surface area contributed by atoms with Crippen LogP contribution in [0.1, 0.15) is 44.3 Å². The lowest BCUT2D eigenvalue weighted by atomic mass is 10.1. The number of aliphatic hydroxyl groups excluding tert-OH is 1. The van der Waals surface area contributed by atoms with Crippen molar-refractivity contribution < 1.29 is 5.11 Å². The maximum absolute atomic E-state index is 9.75. The minimum absolute atomic E-state index is 0.220. The number of anilines is 2. The molecule has 1 aliphatic rings. The van der Waals surface area contributed by atoms with Crippen molar-refractivity contribution in [1.29, 1.82) is 0 Å². The predicted molar refractivity (Wildman–Crippen MR) is 95.6 cm³/mol. The van der Waals surface area contributed by atoms with Crippen LogP contribution in [0.2, 0.25) is 0 Å². The second-order valence-corrected chi connectivity index (χ2v) is 6.69. The molecule has 25 heavy (non-hydrogen) atoms. The van der Waals surface area contributed by atoms with Crippen molar-refractivity contribution in [3.8, 4) is 0 Å². The van der Waals surface area contributed by atoms with Gasteiger partial charge in [-0.2, -0.15) is 9.97 Å². The SMILES string of the molecule is Cc1nc(C)nc(N2C[C@@H](C)N(c3ccnc([C@@H](C)O)n3)[C@@H](C)C2)n1. The number of hydrogen-bond donors (Lipinski definition) is 1. The van der Waals surface area contributed by atoms with Crippen molar-refractivity contribution in [2.45, 2.75) is 52.8 Å². The summed E-state index contributed by atoms with van der Waals surface area (Å²) >= 11 is 0. The summed E-state index contributed by atoms with van der Waals surface area (Å²) in [5.41, 5.74) is 0. The van der Waals surface area contributed by atoms with Crippen LogP contribution >= 0.6 is 0 Å². The normalized spacial score (nSPS) is 22.2. The van der Waals surface area contributed by atoms with Crippen LogP contribution in [0.25, 0.3) is 0 Å². The Bertz CT molecular complexity index is 719. The molecule has 0 amide bonds. The molecule has 3 atom stereocenters. The van der Waals surface area contributed by atoms with Gasteiger partial charge in [0.25, 0.3) is 0 Å². The van der Waals surface area contributed by atoms with Crippen LogP contribution in [0.5, 0.6) is 0 Å². The topological polar surface area (TPSA) is 91.2 Å². The van der Waals surface area contributed by atoms with Crippen LogP contribution in [-0.4, -0.2) is 55.2 Å². The van der Waals surface area contributed by atoms with E-state index in [0.29, 0.717) is 5.82 Å². The first-order valence-corrected chi connectivity index (χ1v) is 8.58. The minimum atomic E-state index is -0.678. The Balaban J connectivity index is 1.84. The summed E-state index contributed by atoms with van der Waals surface area (Å²) in [6.07, 6.45) is 1.03. The van der Waals surface area contributed by atoms with Gasteiger partial charge in [0.15, 0.2) is 5.82 Å². The molecule has 1 N–H and O–H groups in total. The lowest BCUT2D eigenvalue weighted by Crippen LogP contribution is -2.57. The fourth-order valence-electron chi connectivity index (χ4n) is 3.39. The van der Waals surface area contributed by atoms with Gasteiger partial charge in [0.05, 0.1) is 0 Å². The minimum Gasteiger partial charge on any atom is -0.385 e. The smallest absolute Gasteiger partial charge is 0.228 e. The lowest BCUT2D eigenvalue weighted by Gasteiger charge is -2.45. The number of aromatic nitrogens is 5. The van der Waals surface area contributed by atoms with Crippen LogP contribution in [0, 0.1) is 13.8 Å². The summed E-state index contributed by atoms with van der Waals surface area (Å²) in [7, 11) is 0. The second-order valence-electron chi connectivity index (χ2n) is 6.69. The van der Waals surface area contributed by atoms with Crippen molar-refractivity contribution in [3.63, 3.8) is 0 Å². The van der Waals surface area contributed by atoms with Gasteiger partial charge in [-0.15, -0.1) is 0 Å². The zero-order valence-corrected chi connectivity index (χ0v) is 15.4. The van der Waals surface area contributed by atoms with Gasteiger partial charge in [-0.1, -0.05) is 0 Å². The Morgan fingerprint density at radius 1 is 1.04 bits per heavy atom. The molecule has 2 aromatic rings. The lowest BCUT2D eigenvalue weighted by molar-refractivity contribution is 0.189. The Labute approximate surface area is 148 Å². The van der Waals surface area contributed by atoms with Crippen LogP contribution in [0.4, 0.5) is 11.8 Å². The third-order valence-corrected chi connectivity index (χ3v) is 4.35. The largest absolute Gasteiger partial charge is 0.385 e. The van der Waals surface area contributed by atoms with E-state index in [0.717, 1.165) is 36.5 Å². The first-order valence-electron chi connectivity index (χ1n) is 8.58. The van der Waals surface area contributed by atoms with E-state index >= 15 is 0 Å². The zero-order valence-electron chi connectivity index (χ0n) is 15.4. The van der Waals surface area contributed by atoms with Crippen molar-refractivity contribution in [1.82, 2.24) is 24.9 Å². The summed E-state index contributed by atoms with van der Waals surface area (Å²) < 4.78 is 0. The maximum Gasteiger partial charge on any atom is 0.228 e. The van der Waals surface area contributed by atoms with Crippen LogP contribution < -0.4 is 9.80 Å². The molecule has 134 valence electrons. The van der Waals surface area contributed by atoms with Crippen LogP contribution in [-0.2, 0) is 0 Å². The standard InChI is InChI=1S/C17H25N7O/c1-10-8-23(17-20-13(4)19-14(5)21-17)9-11(2)24(10)15-6-7-18-16(22-15)12(3)25/h6-7,10-12,25H,8-9H2,1-5H3/t10-,11+,12-/m1/s1. The molecule has 0 saturated carbocycles. The van der Waals surface area contributed by atoms with Crippen molar-refractivity contribution >= 4 is 11.8 Å². The molecule has 8 heteroatoms. The molecule has 8 nitrogen and oxygen atoms in total. The van der Waals surface area contributed by atoms with Gasteiger partial charge in [0.1, 0.15) is 23.6 Å². The fourth-order valence-corrected chi connectivity index (χ4v) is 3.39. The first kappa shape index (κ1) is 17.5. The highest BCUT2D eigenvalue weighted by Gasteiger charge is 2.32. The van der Waals surface area contributed by atoms with Gasteiger partial charge in [0, 0.05) is 31.4 Å². The molecule has 3 rings (SSSR count). The van der Waals surface area contributed by atoms with Gasteiger partial charge in [-0.05, 0) is 40.7 Å². The van der Waals surface area contributed by atoms with E-state index in [1.165, 1.54) is 0 Å². The number of aryl methyl sites for hydroxylation is 2. The molecule has 0 bridgehead atoms. The van der Waals surface area contributed by atoms with Crippen molar-refractivity contribution in [2.24, 2.45) is 0 Å². The van der Waals surface area contributed by atoms with E-state index in [1.54, 1.807) is 13.1 Å². The molecule has 0 aliphatic carbocycles. The molecule has 1 fully saturated rings. The fraction of sp³-hybridized carbons (Fsp3) is 0.588. The van der Waals surface area contributed by atoms with Gasteiger partial charge in [0.2, 0.25) is 5.95 Å². The Kier molecular flexibility index (Phi) is 4.80. The molecule has 1 saturated heterocycles. The highest BCUT2D eigenvalue weighted by atomic mass is 16.3. The van der Waals surface area contributed by atoms with Gasteiger partial charge in [-0.25, -0.2) is 15.0 Å². The Hall–Kier alpha value is -2.35. The molecular formula is C17H25N7O. The van der Waals surface area contributed by atoms with E-state index in [-0.39, 0.29) is 12.1 Å². The third-order valence-electron chi connectivity index (χ3n) is 4.35. The van der Waals surface area contributed by atoms with E-state index in [4.69, 9.17) is 0 Å². The molecule has 0 spiro atoms.